The summed E-state index contributed by atoms with van der Waals surface area (Å²) >= 11 is 6.22. The van der Waals surface area contributed by atoms with E-state index in [2.05, 4.69) is 31.5 Å². The van der Waals surface area contributed by atoms with E-state index in [4.69, 9.17) is 16.3 Å². The summed E-state index contributed by atoms with van der Waals surface area (Å²) in [5.74, 6) is -0.458. The second-order valence-electron chi connectivity index (χ2n) is 9.65. The molecule has 4 aromatic rings. The first-order valence-corrected chi connectivity index (χ1v) is 13.8. The number of rotatable bonds is 5. The number of allylic oxidation sites excluding steroid dienone is 1. The molecule has 12 heteroatoms. The minimum atomic E-state index is -0.613. The summed E-state index contributed by atoms with van der Waals surface area (Å²) in [5.41, 5.74) is 4.84. The number of fused-ring (bicyclic) bond motifs is 4. The molecule has 218 valence electrons. The molecule has 1 aliphatic rings. The molecular formula is C31H28ClN7O4. The Balaban J connectivity index is 1.43. The lowest BCUT2D eigenvalue weighted by molar-refractivity contribution is -0.117. The van der Waals surface area contributed by atoms with Gasteiger partial charge in [0, 0.05) is 34.3 Å². The highest BCUT2D eigenvalue weighted by molar-refractivity contribution is 6.30. The molecule has 0 fully saturated rings. The van der Waals surface area contributed by atoms with Crippen LogP contribution in [0.2, 0.25) is 5.02 Å². The Morgan fingerprint density at radius 1 is 1.12 bits per heavy atom. The Morgan fingerprint density at radius 3 is 2.81 bits per heavy atom. The first-order chi connectivity index (χ1) is 20.9. The second kappa shape index (κ2) is 13.6. The number of halogens is 1. The van der Waals surface area contributed by atoms with Crippen molar-refractivity contribution >= 4 is 47.0 Å². The molecular weight excluding hydrogens is 570 g/mol. The average Bonchev–Trinajstić information content (AvgIpc) is 3.54. The van der Waals surface area contributed by atoms with Crippen molar-refractivity contribution in [2.75, 3.05) is 17.7 Å². The molecule has 0 aliphatic carbocycles. The molecule has 43 heavy (non-hydrogen) atoms. The molecule has 1 aromatic heterocycles. The van der Waals surface area contributed by atoms with E-state index >= 15 is 0 Å². The van der Waals surface area contributed by atoms with Crippen LogP contribution in [0.15, 0.2) is 85.2 Å². The SMILES string of the molecule is COC(=O)Nc1ccc2c(c1)NC(=O)CC/C=C/CC(NC(=O)/C=C/c1cc(Cl)ccc1-n1cnnn1)c1cccc-2c1. The smallest absolute Gasteiger partial charge is 0.411 e. The summed E-state index contributed by atoms with van der Waals surface area (Å²) in [6, 6.07) is 17.9. The summed E-state index contributed by atoms with van der Waals surface area (Å²) < 4.78 is 6.19. The quantitative estimate of drug-likeness (QED) is 0.198. The van der Waals surface area contributed by atoms with Gasteiger partial charge in [0.05, 0.1) is 24.5 Å². The zero-order valence-electron chi connectivity index (χ0n) is 23.2. The zero-order valence-corrected chi connectivity index (χ0v) is 23.9. The van der Waals surface area contributed by atoms with E-state index < -0.39 is 6.09 Å². The van der Waals surface area contributed by atoms with Crippen LogP contribution < -0.4 is 16.0 Å². The van der Waals surface area contributed by atoms with E-state index in [1.165, 1.54) is 24.2 Å². The van der Waals surface area contributed by atoms with Crippen molar-refractivity contribution in [3.63, 3.8) is 0 Å². The topological polar surface area (TPSA) is 140 Å². The predicted octanol–water partition coefficient (Wildman–Crippen LogP) is 5.71. The first-order valence-electron chi connectivity index (χ1n) is 13.5. The number of ether oxygens (including phenoxy) is 1. The van der Waals surface area contributed by atoms with Crippen LogP contribution in [0, 0.1) is 0 Å². The Kier molecular flexibility index (Phi) is 9.23. The number of tetrazole rings is 1. The fourth-order valence-corrected chi connectivity index (χ4v) is 4.83. The molecule has 2 bridgehead atoms. The van der Waals surface area contributed by atoms with Gasteiger partial charge in [0.2, 0.25) is 11.8 Å². The van der Waals surface area contributed by atoms with Crippen molar-refractivity contribution in [2.24, 2.45) is 0 Å². The van der Waals surface area contributed by atoms with Gasteiger partial charge in [-0.05, 0) is 76.9 Å². The monoisotopic (exact) mass is 597 g/mol. The number of benzene rings is 3. The lowest BCUT2D eigenvalue weighted by Gasteiger charge is -2.19. The third-order valence-electron chi connectivity index (χ3n) is 6.72. The Bertz CT molecular complexity index is 1700. The van der Waals surface area contributed by atoms with Crippen molar-refractivity contribution in [2.45, 2.75) is 25.3 Å². The maximum atomic E-state index is 13.2. The molecule has 1 aliphatic heterocycles. The zero-order chi connectivity index (χ0) is 30.2. The van der Waals surface area contributed by atoms with Gasteiger partial charge in [0.1, 0.15) is 6.33 Å². The molecule has 0 saturated carbocycles. The second-order valence-corrected chi connectivity index (χ2v) is 10.1. The van der Waals surface area contributed by atoms with Gasteiger partial charge in [-0.25, -0.2) is 4.79 Å². The molecule has 0 radical (unpaired) electrons. The molecule has 2 heterocycles. The van der Waals surface area contributed by atoms with Crippen LogP contribution in [0.4, 0.5) is 16.2 Å². The first kappa shape index (κ1) is 29.2. The fourth-order valence-electron chi connectivity index (χ4n) is 4.65. The van der Waals surface area contributed by atoms with E-state index in [-0.39, 0.29) is 24.3 Å². The van der Waals surface area contributed by atoms with Crippen LogP contribution in [-0.2, 0) is 14.3 Å². The number of nitrogens with zero attached hydrogens (tertiary/aromatic N) is 4. The standard InChI is InChI=1S/C31H28ClN7O4/c1-43-31(42)34-24-12-13-25-20-6-5-7-21(16-20)26(8-3-2-4-9-29(40)36-27(25)18-24)35-30(41)15-10-22-17-23(32)11-14-28(22)39-19-33-37-38-39/h2-3,5-7,10-19,26H,4,8-9H2,1H3,(H,34,42)(H,35,41)(H,36,40)/b3-2+,15-10+. The van der Waals surface area contributed by atoms with Crippen LogP contribution in [0.1, 0.15) is 36.4 Å². The van der Waals surface area contributed by atoms with Gasteiger partial charge in [-0.3, -0.25) is 14.9 Å². The van der Waals surface area contributed by atoms with Gasteiger partial charge < -0.3 is 15.4 Å². The molecule has 3 amide bonds. The molecule has 0 saturated heterocycles. The van der Waals surface area contributed by atoms with Crippen molar-refractivity contribution in [1.82, 2.24) is 25.5 Å². The van der Waals surface area contributed by atoms with Crippen LogP contribution in [0.3, 0.4) is 0 Å². The van der Waals surface area contributed by atoms with Gasteiger partial charge in [0.25, 0.3) is 0 Å². The summed E-state index contributed by atoms with van der Waals surface area (Å²) in [5, 5.41) is 20.5. The number of carbonyl (C=O) groups excluding carboxylic acids is 3. The number of hydrogen-bond acceptors (Lipinski definition) is 7. The average molecular weight is 598 g/mol. The predicted molar refractivity (Wildman–Crippen MR) is 164 cm³/mol. The highest BCUT2D eigenvalue weighted by atomic mass is 35.5. The number of aromatic nitrogens is 4. The van der Waals surface area contributed by atoms with Crippen LogP contribution in [-0.4, -0.2) is 45.2 Å². The van der Waals surface area contributed by atoms with Crippen molar-refractivity contribution in [1.29, 1.82) is 0 Å². The van der Waals surface area contributed by atoms with Crippen LogP contribution in [0.5, 0.6) is 0 Å². The lowest BCUT2D eigenvalue weighted by atomic mass is 9.96. The van der Waals surface area contributed by atoms with Gasteiger partial charge in [-0.15, -0.1) is 5.10 Å². The highest BCUT2D eigenvalue weighted by Gasteiger charge is 2.17. The third kappa shape index (κ3) is 7.52. The number of nitrogens with one attached hydrogen (secondary N) is 3. The Hall–Kier alpha value is -5.29. The number of methoxy groups -OCH3 is 1. The summed E-state index contributed by atoms with van der Waals surface area (Å²) in [6.07, 6.45) is 9.16. The van der Waals surface area contributed by atoms with E-state index in [1.54, 1.807) is 36.4 Å². The Morgan fingerprint density at radius 2 is 2.00 bits per heavy atom. The highest BCUT2D eigenvalue weighted by Crippen LogP contribution is 2.33. The maximum Gasteiger partial charge on any atom is 0.411 e. The molecule has 0 spiro atoms. The summed E-state index contributed by atoms with van der Waals surface area (Å²) in [6.45, 7) is 0. The number of amides is 3. The summed E-state index contributed by atoms with van der Waals surface area (Å²) in [7, 11) is 1.28. The lowest BCUT2D eigenvalue weighted by Crippen LogP contribution is -2.26. The molecule has 3 aromatic carbocycles. The number of hydrogen-bond donors (Lipinski definition) is 3. The Labute approximate surface area is 252 Å². The van der Waals surface area contributed by atoms with E-state index in [9.17, 15) is 14.4 Å². The van der Waals surface area contributed by atoms with Gasteiger partial charge >= 0.3 is 6.09 Å². The van der Waals surface area contributed by atoms with Crippen molar-refractivity contribution < 1.29 is 19.1 Å². The molecule has 1 unspecified atom stereocenters. The third-order valence-corrected chi connectivity index (χ3v) is 6.95. The molecule has 3 N–H and O–H groups in total. The van der Waals surface area contributed by atoms with Crippen LogP contribution >= 0.6 is 11.6 Å². The van der Waals surface area contributed by atoms with Gasteiger partial charge in [-0.1, -0.05) is 48.0 Å². The molecule has 1 atom stereocenters. The van der Waals surface area contributed by atoms with Gasteiger partial charge in [0.15, 0.2) is 0 Å². The fraction of sp³-hybridized carbons (Fsp3) is 0.161. The maximum absolute atomic E-state index is 13.2. The minimum absolute atomic E-state index is 0.159. The van der Waals surface area contributed by atoms with E-state index in [1.807, 2.05) is 42.5 Å². The van der Waals surface area contributed by atoms with E-state index in [0.717, 1.165) is 16.7 Å². The number of anilines is 2. The van der Waals surface area contributed by atoms with Crippen molar-refractivity contribution in [3.05, 3.63) is 101 Å². The van der Waals surface area contributed by atoms with Crippen molar-refractivity contribution in [3.8, 4) is 16.8 Å². The molecule has 11 nitrogen and oxygen atoms in total. The largest absolute Gasteiger partial charge is 0.453 e. The normalized spacial score (nSPS) is 15.7. The van der Waals surface area contributed by atoms with Crippen LogP contribution in [0.25, 0.3) is 22.9 Å². The van der Waals surface area contributed by atoms with E-state index in [0.29, 0.717) is 40.5 Å². The van der Waals surface area contributed by atoms with Gasteiger partial charge in [-0.2, -0.15) is 4.68 Å². The minimum Gasteiger partial charge on any atom is -0.453 e. The summed E-state index contributed by atoms with van der Waals surface area (Å²) in [4.78, 5) is 37.7. The number of carbonyl (C=O) groups is 3. The molecule has 5 rings (SSSR count).